The maximum atomic E-state index is 12.4. The Bertz CT molecular complexity index is 464. The minimum Gasteiger partial charge on any atom is -0.310 e. The number of anilines is 1. The molecule has 1 saturated heterocycles. The van der Waals surface area contributed by atoms with Gasteiger partial charge < -0.3 is 4.90 Å². The number of para-hydroxylation sites is 1. The highest BCUT2D eigenvalue weighted by Crippen LogP contribution is 2.42. The van der Waals surface area contributed by atoms with E-state index in [9.17, 15) is 18.0 Å². The predicted octanol–water partition coefficient (Wildman–Crippen LogP) is 3.33. The van der Waals surface area contributed by atoms with Crippen LogP contribution in [-0.2, 0) is 4.79 Å². The number of alkyl halides is 3. The largest absolute Gasteiger partial charge is 0.446 e. The van der Waals surface area contributed by atoms with E-state index in [1.54, 1.807) is 6.07 Å². The van der Waals surface area contributed by atoms with Crippen molar-refractivity contribution < 1.29 is 18.0 Å². The van der Waals surface area contributed by atoms with Gasteiger partial charge in [0.25, 0.3) is 0 Å². The van der Waals surface area contributed by atoms with Crippen LogP contribution in [0.1, 0.15) is 6.42 Å². The summed E-state index contributed by atoms with van der Waals surface area (Å²) in [6, 6.07) is 6.04. The molecule has 2 rings (SSSR count). The first-order valence-corrected chi connectivity index (χ1v) is 6.53. The van der Waals surface area contributed by atoms with Crippen LogP contribution in [0.2, 0.25) is 0 Å². The first kappa shape index (κ1) is 13.6. The van der Waals surface area contributed by atoms with E-state index >= 15 is 0 Å². The fourth-order valence-electron chi connectivity index (χ4n) is 1.81. The van der Waals surface area contributed by atoms with E-state index in [4.69, 9.17) is 0 Å². The third-order valence-corrected chi connectivity index (χ3v) is 3.63. The number of carbonyl (C=O) groups is 1. The average molecular weight is 293 g/mol. The first-order valence-electron chi connectivity index (χ1n) is 5.20. The second-order valence-electron chi connectivity index (χ2n) is 3.88. The van der Waals surface area contributed by atoms with Crippen molar-refractivity contribution in [3.63, 3.8) is 0 Å². The fraction of sp³-hybridized carbons (Fsp3) is 0.364. The molecule has 0 bridgehead atoms. The lowest BCUT2D eigenvalue weighted by molar-refractivity contribution is -0.117. The molecule has 0 radical (unpaired) electrons. The van der Waals surface area contributed by atoms with E-state index in [1.807, 2.05) is 0 Å². The summed E-state index contributed by atoms with van der Waals surface area (Å²) in [4.78, 5) is 13.1. The monoisotopic (exact) mass is 293 g/mol. The Morgan fingerprint density at radius 2 is 2.00 bits per heavy atom. The van der Waals surface area contributed by atoms with E-state index < -0.39 is 5.51 Å². The minimum atomic E-state index is -4.36. The van der Waals surface area contributed by atoms with Crippen LogP contribution in [0, 0.1) is 0 Å². The van der Waals surface area contributed by atoms with Crippen molar-refractivity contribution in [1.82, 2.24) is 0 Å². The van der Waals surface area contributed by atoms with Gasteiger partial charge >= 0.3 is 5.51 Å². The number of rotatable bonds is 2. The number of carbonyl (C=O) groups excluding carboxylic acids is 1. The normalized spacial score (nSPS) is 20.6. The summed E-state index contributed by atoms with van der Waals surface area (Å²) in [5, 5.41) is -0.124. The van der Waals surface area contributed by atoms with Gasteiger partial charge in [-0.25, -0.2) is 0 Å². The number of halogens is 3. The second kappa shape index (κ2) is 5.05. The number of nitrogens with zero attached hydrogens (tertiary/aromatic N) is 1. The molecule has 1 aromatic carbocycles. The van der Waals surface area contributed by atoms with Gasteiger partial charge in [-0.1, -0.05) is 12.1 Å². The van der Waals surface area contributed by atoms with Crippen LogP contribution >= 0.6 is 24.4 Å². The summed E-state index contributed by atoms with van der Waals surface area (Å²) in [7, 11) is 0. The number of hydrogen-bond donors (Lipinski definition) is 1. The summed E-state index contributed by atoms with van der Waals surface area (Å²) in [6.45, 7) is 0.345. The van der Waals surface area contributed by atoms with Gasteiger partial charge in [-0.2, -0.15) is 25.8 Å². The molecule has 0 aromatic heterocycles. The molecule has 1 unspecified atom stereocenters. The molecule has 0 saturated carbocycles. The molecule has 1 aromatic rings. The van der Waals surface area contributed by atoms with E-state index in [0.717, 1.165) is 0 Å². The minimum absolute atomic E-state index is 0.0424. The molecule has 0 aliphatic carbocycles. The Labute approximate surface area is 112 Å². The smallest absolute Gasteiger partial charge is 0.310 e. The Morgan fingerprint density at radius 1 is 1.33 bits per heavy atom. The summed E-state index contributed by atoms with van der Waals surface area (Å²) in [5.41, 5.74) is -4.06. The van der Waals surface area contributed by atoms with Gasteiger partial charge in [-0.15, -0.1) is 0 Å². The van der Waals surface area contributed by atoms with Crippen molar-refractivity contribution in [1.29, 1.82) is 0 Å². The quantitative estimate of drug-likeness (QED) is 0.667. The standard InChI is InChI=1S/C11H10F3NOS2/c12-11(13,14)18-9-4-2-1-3-8(9)15-6-7(17)5-10(15)16/h1-4,7,17H,5-6H2. The van der Waals surface area contributed by atoms with Gasteiger partial charge in [0, 0.05) is 23.1 Å². The molecule has 7 heteroatoms. The lowest BCUT2D eigenvalue weighted by Crippen LogP contribution is -2.25. The fourth-order valence-corrected chi connectivity index (χ4v) is 2.81. The van der Waals surface area contributed by atoms with Crippen LogP contribution in [0.5, 0.6) is 0 Å². The van der Waals surface area contributed by atoms with E-state index in [1.165, 1.54) is 23.1 Å². The zero-order chi connectivity index (χ0) is 13.3. The molecule has 1 heterocycles. The SMILES string of the molecule is O=C1CC(S)CN1c1ccccc1SC(F)(F)F. The topological polar surface area (TPSA) is 20.3 Å². The van der Waals surface area contributed by atoms with E-state index in [0.29, 0.717) is 12.2 Å². The summed E-state index contributed by atoms with van der Waals surface area (Å²) in [6.07, 6.45) is 0.258. The Morgan fingerprint density at radius 3 is 2.56 bits per heavy atom. The molecule has 1 amide bonds. The van der Waals surface area contributed by atoms with Gasteiger partial charge in [0.05, 0.1) is 5.69 Å². The van der Waals surface area contributed by atoms with Crippen molar-refractivity contribution in [2.24, 2.45) is 0 Å². The van der Waals surface area contributed by atoms with Gasteiger partial charge in [-0.05, 0) is 23.9 Å². The molecule has 1 fully saturated rings. The molecule has 0 spiro atoms. The predicted molar refractivity (Wildman–Crippen MR) is 68.1 cm³/mol. The first-order chi connectivity index (χ1) is 8.37. The van der Waals surface area contributed by atoms with Crippen molar-refractivity contribution >= 4 is 36.0 Å². The zero-order valence-electron chi connectivity index (χ0n) is 9.15. The third-order valence-electron chi connectivity index (χ3n) is 2.49. The van der Waals surface area contributed by atoms with Crippen LogP contribution < -0.4 is 4.90 Å². The molecule has 1 atom stereocenters. The Hall–Kier alpha value is -0.820. The Kier molecular flexibility index (Phi) is 3.82. The number of benzene rings is 1. The molecule has 98 valence electrons. The molecule has 2 nitrogen and oxygen atoms in total. The van der Waals surface area contributed by atoms with Crippen molar-refractivity contribution in [2.45, 2.75) is 22.1 Å². The van der Waals surface area contributed by atoms with E-state index in [2.05, 4.69) is 12.6 Å². The summed E-state index contributed by atoms with van der Waals surface area (Å²) >= 11 is 3.99. The zero-order valence-corrected chi connectivity index (χ0v) is 10.9. The van der Waals surface area contributed by atoms with E-state index in [-0.39, 0.29) is 34.2 Å². The third kappa shape index (κ3) is 3.14. The van der Waals surface area contributed by atoms with Crippen molar-refractivity contribution in [3.05, 3.63) is 24.3 Å². The maximum Gasteiger partial charge on any atom is 0.446 e. The highest BCUT2D eigenvalue weighted by atomic mass is 32.2. The lowest BCUT2D eigenvalue weighted by atomic mass is 10.3. The second-order valence-corrected chi connectivity index (χ2v) is 5.71. The highest BCUT2D eigenvalue weighted by molar-refractivity contribution is 8.00. The number of thioether (sulfide) groups is 1. The van der Waals surface area contributed by atoms with Gasteiger partial charge in [-0.3, -0.25) is 4.79 Å². The van der Waals surface area contributed by atoms with Crippen LogP contribution in [0.4, 0.5) is 18.9 Å². The summed E-state index contributed by atoms with van der Waals surface area (Å²) in [5.74, 6) is -0.190. The van der Waals surface area contributed by atoms with Gasteiger partial charge in [0.2, 0.25) is 5.91 Å². The van der Waals surface area contributed by atoms with Crippen LogP contribution in [0.25, 0.3) is 0 Å². The Balaban J connectivity index is 2.30. The molecular formula is C11H10F3NOS2. The molecule has 0 N–H and O–H groups in total. The maximum absolute atomic E-state index is 12.4. The van der Waals surface area contributed by atoms with Crippen LogP contribution in [0.15, 0.2) is 29.2 Å². The average Bonchev–Trinajstić information content (AvgIpc) is 2.56. The van der Waals surface area contributed by atoms with Crippen molar-refractivity contribution in [3.8, 4) is 0 Å². The number of hydrogen-bond acceptors (Lipinski definition) is 3. The summed E-state index contributed by atoms with van der Waals surface area (Å²) < 4.78 is 37.3. The number of amides is 1. The molecule has 1 aliphatic heterocycles. The highest BCUT2D eigenvalue weighted by Gasteiger charge is 2.34. The molecule has 18 heavy (non-hydrogen) atoms. The van der Waals surface area contributed by atoms with Crippen LogP contribution in [0.3, 0.4) is 0 Å². The van der Waals surface area contributed by atoms with Crippen molar-refractivity contribution in [2.75, 3.05) is 11.4 Å². The number of thiol groups is 1. The van der Waals surface area contributed by atoms with Crippen LogP contribution in [-0.4, -0.2) is 23.2 Å². The lowest BCUT2D eigenvalue weighted by Gasteiger charge is -2.20. The van der Waals surface area contributed by atoms with Gasteiger partial charge in [0.1, 0.15) is 0 Å². The molecule has 1 aliphatic rings. The molecular weight excluding hydrogens is 283 g/mol. The van der Waals surface area contributed by atoms with Gasteiger partial charge in [0.15, 0.2) is 0 Å².